The Labute approximate surface area is 105 Å². The number of hydrogen-bond donors (Lipinski definition) is 2. The van der Waals surface area contributed by atoms with Crippen LogP contribution in [0.3, 0.4) is 0 Å². The lowest BCUT2D eigenvalue weighted by molar-refractivity contribution is -0.137. The Balaban J connectivity index is 2.66. The highest BCUT2D eigenvalue weighted by Crippen LogP contribution is 2.22. The number of benzene rings is 1. The van der Waals surface area contributed by atoms with E-state index < -0.39 is 5.97 Å². The fourth-order valence-electron chi connectivity index (χ4n) is 1.52. The lowest BCUT2D eigenvalue weighted by Gasteiger charge is -2.20. The minimum absolute atomic E-state index is 0.0924. The van der Waals surface area contributed by atoms with E-state index in [4.69, 9.17) is 16.7 Å². The minimum atomic E-state index is -0.821. The molecule has 0 spiro atoms. The molecular formula is C12H16ClNO3. The third kappa shape index (κ3) is 4.63. The number of nitrogens with zero attached hydrogens (tertiary/aromatic N) is 1. The van der Waals surface area contributed by atoms with Gasteiger partial charge < -0.3 is 10.2 Å². The van der Waals surface area contributed by atoms with Crippen molar-refractivity contribution in [1.29, 1.82) is 0 Å². The van der Waals surface area contributed by atoms with Crippen LogP contribution in [-0.4, -0.2) is 34.2 Å². The third-order valence-corrected chi connectivity index (χ3v) is 2.76. The summed E-state index contributed by atoms with van der Waals surface area (Å²) in [5.41, 5.74) is 0.713. The van der Waals surface area contributed by atoms with E-state index in [-0.39, 0.29) is 12.2 Å². The van der Waals surface area contributed by atoms with Crippen molar-refractivity contribution in [2.45, 2.75) is 19.9 Å². The summed E-state index contributed by atoms with van der Waals surface area (Å²) in [6.07, 6.45) is 0.0924. The average Bonchev–Trinajstić information content (AvgIpc) is 2.28. The first-order chi connectivity index (χ1) is 8.02. The second-order valence-electron chi connectivity index (χ2n) is 3.79. The van der Waals surface area contributed by atoms with Gasteiger partial charge in [-0.25, -0.2) is 0 Å². The van der Waals surface area contributed by atoms with E-state index in [1.54, 1.807) is 18.2 Å². The van der Waals surface area contributed by atoms with Crippen molar-refractivity contribution >= 4 is 17.6 Å². The van der Waals surface area contributed by atoms with Gasteiger partial charge in [0.15, 0.2) is 0 Å². The van der Waals surface area contributed by atoms with E-state index in [9.17, 15) is 9.90 Å². The van der Waals surface area contributed by atoms with Crippen LogP contribution < -0.4 is 0 Å². The number of phenolic OH excluding ortho intramolecular Hbond substituents is 1. The number of hydrogen-bond acceptors (Lipinski definition) is 3. The normalized spacial score (nSPS) is 10.8. The fraction of sp³-hybridized carbons (Fsp3) is 0.417. The second kappa shape index (κ2) is 6.47. The SMILES string of the molecule is CCN(CCC(=O)O)Cc1cc(Cl)ccc1O. The van der Waals surface area contributed by atoms with Gasteiger partial charge in [0.1, 0.15) is 5.75 Å². The Morgan fingerprint density at radius 3 is 2.76 bits per heavy atom. The van der Waals surface area contributed by atoms with Crippen molar-refractivity contribution < 1.29 is 15.0 Å². The molecule has 0 unspecified atom stereocenters. The fourth-order valence-corrected chi connectivity index (χ4v) is 1.72. The van der Waals surface area contributed by atoms with Gasteiger partial charge in [-0.3, -0.25) is 9.69 Å². The standard InChI is InChI=1S/C12H16ClNO3/c1-2-14(6-5-12(16)17)8-9-7-10(13)3-4-11(9)15/h3-4,7,15H,2,5-6,8H2,1H3,(H,16,17). The van der Waals surface area contributed by atoms with Crippen LogP contribution in [0, 0.1) is 0 Å². The summed E-state index contributed by atoms with van der Waals surface area (Å²) in [6.45, 7) is 3.62. The molecule has 0 radical (unpaired) electrons. The third-order valence-electron chi connectivity index (χ3n) is 2.52. The van der Waals surface area contributed by atoms with Crippen LogP contribution >= 0.6 is 11.6 Å². The maximum Gasteiger partial charge on any atom is 0.304 e. The lowest BCUT2D eigenvalue weighted by Crippen LogP contribution is -2.25. The highest BCUT2D eigenvalue weighted by atomic mass is 35.5. The summed E-state index contributed by atoms with van der Waals surface area (Å²) in [5.74, 6) is -0.637. The summed E-state index contributed by atoms with van der Waals surface area (Å²) >= 11 is 5.85. The van der Waals surface area contributed by atoms with Gasteiger partial charge in [0, 0.05) is 23.7 Å². The Hall–Kier alpha value is -1.26. The Bertz CT molecular complexity index is 395. The largest absolute Gasteiger partial charge is 0.508 e. The maximum atomic E-state index is 10.5. The van der Waals surface area contributed by atoms with Crippen molar-refractivity contribution in [2.24, 2.45) is 0 Å². The molecule has 0 heterocycles. The Morgan fingerprint density at radius 2 is 2.18 bits per heavy atom. The van der Waals surface area contributed by atoms with E-state index in [0.717, 1.165) is 6.54 Å². The molecule has 0 bridgehead atoms. The zero-order valence-corrected chi connectivity index (χ0v) is 10.4. The Morgan fingerprint density at radius 1 is 1.47 bits per heavy atom. The van der Waals surface area contributed by atoms with Crippen LogP contribution in [0.2, 0.25) is 5.02 Å². The molecule has 0 aromatic heterocycles. The summed E-state index contributed by atoms with van der Waals surface area (Å²) in [5, 5.41) is 18.8. The number of halogens is 1. The molecular weight excluding hydrogens is 242 g/mol. The number of phenols is 1. The predicted molar refractivity (Wildman–Crippen MR) is 66.3 cm³/mol. The van der Waals surface area contributed by atoms with Gasteiger partial charge in [-0.2, -0.15) is 0 Å². The highest BCUT2D eigenvalue weighted by Gasteiger charge is 2.09. The summed E-state index contributed by atoms with van der Waals surface area (Å²) in [7, 11) is 0. The van der Waals surface area contributed by atoms with E-state index >= 15 is 0 Å². The highest BCUT2D eigenvalue weighted by molar-refractivity contribution is 6.30. The minimum Gasteiger partial charge on any atom is -0.508 e. The zero-order chi connectivity index (χ0) is 12.8. The number of aliphatic carboxylic acids is 1. The van der Waals surface area contributed by atoms with E-state index in [0.29, 0.717) is 23.7 Å². The van der Waals surface area contributed by atoms with Crippen LogP contribution in [0.5, 0.6) is 5.75 Å². The van der Waals surface area contributed by atoms with Gasteiger partial charge in [0.2, 0.25) is 0 Å². The first-order valence-electron chi connectivity index (χ1n) is 5.44. The monoisotopic (exact) mass is 257 g/mol. The molecule has 0 aliphatic carbocycles. The first-order valence-corrected chi connectivity index (χ1v) is 5.82. The molecule has 0 aliphatic heterocycles. The number of carboxylic acids is 1. The van der Waals surface area contributed by atoms with Crippen molar-refractivity contribution in [2.75, 3.05) is 13.1 Å². The van der Waals surface area contributed by atoms with Gasteiger partial charge >= 0.3 is 5.97 Å². The molecule has 5 heteroatoms. The van der Waals surface area contributed by atoms with Gasteiger partial charge in [0.25, 0.3) is 0 Å². The predicted octanol–water partition coefficient (Wildman–Crippen LogP) is 2.34. The second-order valence-corrected chi connectivity index (χ2v) is 4.22. The number of aromatic hydroxyl groups is 1. The molecule has 17 heavy (non-hydrogen) atoms. The molecule has 0 saturated carbocycles. The lowest BCUT2D eigenvalue weighted by atomic mass is 10.2. The zero-order valence-electron chi connectivity index (χ0n) is 9.69. The number of carboxylic acid groups (broad SMARTS) is 1. The van der Waals surface area contributed by atoms with Gasteiger partial charge in [-0.05, 0) is 24.7 Å². The average molecular weight is 258 g/mol. The quantitative estimate of drug-likeness (QED) is 0.821. The molecule has 0 fully saturated rings. The van der Waals surface area contributed by atoms with Crippen LogP contribution in [0.1, 0.15) is 18.9 Å². The summed E-state index contributed by atoms with van der Waals surface area (Å²) in [4.78, 5) is 12.4. The molecule has 4 nitrogen and oxygen atoms in total. The van der Waals surface area contributed by atoms with Crippen molar-refractivity contribution in [3.63, 3.8) is 0 Å². The number of carbonyl (C=O) groups is 1. The van der Waals surface area contributed by atoms with Crippen LogP contribution in [-0.2, 0) is 11.3 Å². The molecule has 1 aromatic rings. The molecule has 0 saturated heterocycles. The van der Waals surface area contributed by atoms with Crippen LogP contribution in [0.25, 0.3) is 0 Å². The van der Waals surface area contributed by atoms with Crippen molar-refractivity contribution in [3.05, 3.63) is 28.8 Å². The van der Waals surface area contributed by atoms with Gasteiger partial charge in [-0.1, -0.05) is 18.5 Å². The van der Waals surface area contributed by atoms with Crippen LogP contribution in [0.15, 0.2) is 18.2 Å². The summed E-state index contributed by atoms with van der Waals surface area (Å²) < 4.78 is 0. The van der Waals surface area contributed by atoms with E-state index in [1.807, 2.05) is 11.8 Å². The van der Waals surface area contributed by atoms with Gasteiger partial charge in [-0.15, -0.1) is 0 Å². The maximum absolute atomic E-state index is 10.5. The smallest absolute Gasteiger partial charge is 0.304 e. The van der Waals surface area contributed by atoms with E-state index in [2.05, 4.69) is 0 Å². The van der Waals surface area contributed by atoms with Crippen LogP contribution in [0.4, 0.5) is 0 Å². The van der Waals surface area contributed by atoms with Crippen molar-refractivity contribution in [1.82, 2.24) is 4.90 Å². The molecule has 0 amide bonds. The molecule has 0 atom stereocenters. The molecule has 1 rings (SSSR count). The molecule has 1 aromatic carbocycles. The molecule has 0 aliphatic rings. The summed E-state index contributed by atoms with van der Waals surface area (Å²) in [6, 6.07) is 4.86. The van der Waals surface area contributed by atoms with E-state index in [1.165, 1.54) is 0 Å². The topological polar surface area (TPSA) is 60.8 Å². The molecule has 94 valence electrons. The van der Waals surface area contributed by atoms with Crippen molar-refractivity contribution in [3.8, 4) is 5.75 Å². The Kier molecular flexibility index (Phi) is 5.25. The first kappa shape index (κ1) is 13.8. The number of rotatable bonds is 6. The molecule has 2 N–H and O–H groups in total. The van der Waals surface area contributed by atoms with Gasteiger partial charge in [0.05, 0.1) is 6.42 Å².